The first-order valence-electron chi connectivity index (χ1n) is 10.0. The zero-order valence-electron chi connectivity index (χ0n) is 16.3. The van der Waals surface area contributed by atoms with Gasteiger partial charge in [0.25, 0.3) is 0 Å². The van der Waals surface area contributed by atoms with Gasteiger partial charge in [-0.15, -0.1) is 12.4 Å². The second-order valence-electron chi connectivity index (χ2n) is 7.79. The summed E-state index contributed by atoms with van der Waals surface area (Å²) in [6, 6.07) is 13.7. The van der Waals surface area contributed by atoms with Crippen molar-refractivity contribution in [1.82, 2.24) is 25.3 Å². The molecule has 0 radical (unpaired) electrons. The van der Waals surface area contributed by atoms with Crippen molar-refractivity contribution < 1.29 is 4.79 Å². The second-order valence-corrected chi connectivity index (χ2v) is 8.23. The van der Waals surface area contributed by atoms with E-state index in [1.54, 1.807) is 6.07 Å². The van der Waals surface area contributed by atoms with Crippen molar-refractivity contribution in [3.63, 3.8) is 0 Å². The number of imidazole rings is 2. The van der Waals surface area contributed by atoms with Crippen LogP contribution in [0.15, 0.2) is 42.5 Å². The van der Waals surface area contributed by atoms with Gasteiger partial charge in [-0.1, -0.05) is 30.2 Å². The van der Waals surface area contributed by atoms with Crippen LogP contribution in [0.2, 0.25) is 5.02 Å². The third-order valence-electron chi connectivity index (χ3n) is 5.65. The summed E-state index contributed by atoms with van der Waals surface area (Å²) >= 11 is 6.02. The van der Waals surface area contributed by atoms with E-state index < -0.39 is 0 Å². The number of nitrogens with zero attached hydrogens (tertiary/aromatic N) is 2. The zero-order chi connectivity index (χ0) is 19.8. The summed E-state index contributed by atoms with van der Waals surface area (Å²) in [6.07, 6.45) is 4.31. The Morgan fingerprint density at radius 2 is 1.90 bits per heavy atom. The summed E-state index contributed by atoms with van der Waals surface area (Å²) in [4.78, 5) is 28.5. The summed E-state index contributed by atoms with van der Waals surface area (Å²) in [7, 11) is 0. The molecule has 0 aliphatic heterocycles. The molecule has 1 aliphatic carbocycles. The van der Waals surface area contributed by atoms with Crippen molar-refractivity contribution in [2.24, 2.45) is 0 Å². The van der Waals surface area contributed by atoms with E-state index in [4.69, 9.17) is 16.6 Å². The first kappa shape index (κ1) is 20.7. The van der Waals surface area contributed by atoms with Crippen LogP contribution in [-0.4, -0.2) is 31.9 Å². The third kappa shape index (κ3) is 4.30. The summed E-state index contributed by atoms with van der Waals surface area (Å²) in [5.41, 5.74) is 3.74. The van der Waals surface area contributed by atoms with Gasteiger partial charge in [0.15, 0.2) is 0 Å². The number of fused-ring (bicyclic) bond motifs is 2. The molecule has 0 bridgehead atoms. The molecule has 3 N–H and O–H groups in total. The fourth-order valence-corrected chi connectivity index (χ4v) is 4.46. The molecule has 2 heterocycles. The van der Waals surface area contributed by atoms with Crippen molar-refractivity contribution in [3.05, 3.63) is 59.1 Å². The maximum atomic E-state index is 12.6. The number of para-hydroxylation sites is 2. The van der Waals surface area contributed by atoms with Gasteiger partial charge < -0.3 is 15.3 Å². The summed E-state index contributed by atoms with van der Waals surface area (Å²) in [5.74, 6) is 2.02. The lowest BCUT2D eigenvalue weighted by molar-refractivity contribution is -0.121. The van der Waals surface area contributed by atoms with Crippen molar-refractivity contribution >= 4 is 52.0 Å². The Hall–Kier alpha value is -2.57. The molecule has 4 aromatic rings. The van der Waals surface area contributed by atoms with E-state index in [2.05, 4.69) is 26.3 Å². The number of aromatic amines is 2. The Morgan fingerprint density at radius 3 is 2.77 bits per heavy atom. The van der Waals surface area contributed by atoms with E-state index in [1.807, 2.05) is 30.3 Å². The van der Waals surface area contributed by atoms with Crippen LogP contribution in [0.4, 0.5) is 0 Å². The lowest BCUT2D eigenvalue weighted by atomic mass is 9.85. The lowest BCUT2D eigenvalue weighted by Crippen LogP contribution is -2.39. The number of amides is 1. The van der Waals surface area contributed by atoms with Crippen molar-refractivity contribution in [1.29, 1.82) is 0 Å². The Kier molecular flexibility index (Phi) is 5.97. The lowest BCUT2D eigenvalue weighted by Gasteiger charge is -2.28. The van der Waals surface area contributed by atoms with Gasteiger partial charge in [-0.2, -0.15) is 0 Å². The number of halogens is 2. The van der Waals surface area contributed by atoms with Crippen molar-refractivity contribution in [2.45, 2.75) is 44.1 Å². The molecule has 2 aromatic heterocycles. The number of H-pyrrole nitrogens is 2. The summed E-state index contributed by atoms with van der Waals surface area (Å²) in [5, 5.41) is 3.84. The monoisotopic (exact) mass is 443 g/mol. The average molecular weight is 444 g/mol. The van der Waals surface area contributed by atoms with Crippen molar-refractivity contribution in [3.8, 4) is 0 Å². The minimum absolute atomic E-state index is 0. The smallest absolute Gasteiger partial charge is 0.227 e. The minimum atomic E-state index is -0.00888. The molecule has 30 heavy (non-hydrogen) atoms. The molecular formula is C22H23Cl2N5O. The van der Waals surface area contributed by atoms with Gasteiger partial charge in [0.05, 0.1) is 28.5 Å². The van der Waals surface area contributed by atoms with Crippen LogP contribution in [-0.2, 0) is 11.2 Å². The fourth-order valence-electron chi connectivity index (χ4n) is 4.28. The quantitative estimate of drug-likeness (QED) is 0.419. The maximum Gasteiger partial charge on any atom is 0.227 e. The maximum absolute atomic E-state index is 12.6. The summed E-state index contributed by atoms with van der Waals surface area (Å²) < 4.78 is 0. The molecule has 5 rings (SSSR count). The minimum Gasteiger partial charge on any atom is -0.353 e. The highest BCUT2D eigenvalue weighted by Crippen LogP contribution is 2.32. The van der Waals surface area contributed by atoms with E-state index in [9.17, 15) is 4.79 Å². The van der Waals surface area contributed by atoms with Crippen LogP contribution in [0.5, 0.6) is 0 Å². The number of benzene rings is 2. The van der Waals surface area contributed by atoms with Gasteiger partial charge in [0.2, 0.25) is 5.91 Å². The van der Waals surface area contributed by atoms with E-state index >= 15 is 0 Å². The van der Waals surface area contributed by atoms with Gasteiger partial charge >= 0.3 is 0 Å². The highest BCUT2D eigenvalue weighted by atomic mass is 35.5. The molecule has 1 aliphatic rings. The van der Waals surface area contributed by atoms with E-state index in [0.717, 1.165) is 53.6 Å². The SMILES string of the molecule is Cl.O=C(Cc1nc2ccc(Cl)cc2[nH]1)NC1CCCC(c2nc3ccccc3[nH]2)C1. The predicted molar refractivity (Wildman–Crippen MR) is 121 cm³/mol. The van der Waals surface area contributed by atoms with Crippen LogP contribution >= 0.6 is 24.0 Å². The number of hydrogen-bond acceptors (Lipinski definition) is 3. The molecule has 156 valence electrons. The fraction of sp³-hybridized carbons (Fsp3) is 0.318. The highest BCUT2D eigenvalue weighted by Gasteiger charge is 2.26. The van der Waals surface area contributed by atoms with Gasteiger partial charge in [0.1, 0.15) is 11.6 Å². The molecule has 8 heteroatoms. The first-order chi connectivity index (χ1) is 14.1. The number of aromatic nitrogens is 4. The second kappa shape index (κ2) is 8.66. The largest absolute Gasteiger partial charge is 0.353 e. The molecule has 6 nitrogen and oxygen atoms in total. The Morgan fingerprint density at radius 1 is 1.07 bits per heavy atom. The van der Waals surface area contributed by atoms with E-state index in [0.29, 0.717) is 16.8 Å². The molecular weight excluding hydrogens is 421 g/mol. The number of rotatable bonds is 4. The average Bonchev–Trinajstić information content (AvgIpc) is 3.31. The van der Waals surface area contributed by atoms with Gasteiger partial charge in [-0.05, 0) is 49.6 Å². The Balaban J connectivity index is 0.00000218. The van der Waals surface area contributed by atoms with Crippen LogP contribution in [0.1, 0.15) is 43.3 Å². The van der Waals surface area contributed by atoms with Gasteiger partial charge in [0, 0.05) is 17.0 Å². The van der Waals surface area contributed by atoms with E-state index in [1.165, 1.54) is 0 Å². The van der Waals surface area contributed by atoms with Gasteiger partial charge in [-0.3, -0.25) is 4.79 Å². The first-order valence-corrected chi connectivity index (χ1v) is 10.4. The van der Waals surface area contributed by atoms with Crippen LogP contribution in [0, 0.1) is 0 Å². The molecule has 2 atom stereocenters. The molecule has 1 saturated carbocycles. The molecule has 0 saturated heterocycles. The molecule has 2 aromatic carbocycles. The standard InChI is InChI=1S/C22H22ClN5O.ClH/c23-14-8-9-18-19(11-14)26-20(25-18)12-21(29)24-15-5-3-4-13(10-15)22-27-16-6-1-2-7-17(16)28-22;/h1-2,6-9,11,13,15H,3-5,10,12H2,(H,24,29)(H,25,26)(H,27,28);1H. The Bertz CT molecular complexity index is 1150. The van der Waals surface area contributed by atoms with Crippen LogP contribution in [0.3, 0.4) is 0 Å². The normalized spacial score (nSPS) is 19.0. The highest BCUT2D eigenvalue weighted by molar-refractivity contribution is 6.31. The Labute approximate surface area is 185 Å². The number of carbonyl (C=O) groups excluding carboxylic acids is 1. The number of carbonyl (C=O) groups is 1. The molecule has 0 spiro atoms. The summed E-state index contributed by atoms with van der Waals surface area (Å²) in [6.45, 7) is 0. The predicted octanol–water partition coefficient (Wildman–Crippen LogP) is 4.90. The number of hydrogen-bond donors (Lipinski definition) is 3. The van der Waals surface area contributed by atoms with Gasteiger partial charge in [-0.25, -0.2) is 9.97 Å². The molecule has 1 fully saturated rings. The zero-order valence-corrected chi connectivity index (χ0v) is 17.9. The van der Waals surface area contributed by atoms with E-state index in [-0.39, 0.29) is 30.8 Å². The molecule has 2 unspecified atom stereocenters. The van der Waals surface area contributed by atoms with Crippen LogP contribution < -0.4 is 5.32 Å². The third-order valence-corrected chi connectivity index (χ3v) is 5.89. The topological polar surface area (TPSA) is 86.5 Å². The molecule has 1 amide bonds. The van der Waals surface area contributed by atoms with Crippen molar-refractivity contribution in [2.75, 3.05) is 0 Å². The van der Waals surface area contributed by atoms with Crippen LogP contribution in [0.25, 0.3) is 22.1 Å². The number of nitrogens with one attached hydrogen (secondary N) is 3.